The van der Waals surface area contributed by atoms with E-state index >= 15 is 0 Å². The zero-order chi connectivity index (χ0) is 24.3. The Morgan fingerprint density at radius 3 is 2.43 bits per heavy atom. The summed E-state index contributed by atoms with van der Waals surface area (Å²) in [5.74, 6) is 0.0614. The van der Waals surface area contributed by atoms with Crippen LogP contribution >= 0.6 is 11.6 Å². The molecular formula is C28H29ClN4O2. The summed E-state index contributed by atoms with van der Waals surface area (Å²) in [7, 11) is 0. The Labute approximate surface area is 210 Å². The third-order valence-corrected chi connectivity index (χ3v) is 7.44. The molecule has 2 aliphatic rings. The van der Waals surface area contributed by atoms with Crippen LogP contribution in [-0.4, -0.2) is 57.9 Å². The van der Waals surface area contributed by atoms with Gasteiger partial charge in [0.15, 0.2) is 0 Å². The number of nitrogens with zero attached hydrogens (tertiary/aromatic N) is 3. The number of carbonyl (C=O) groups is 2. The van der Waals surface area contributed by atoms with Crippen molar-refractivity contribution in [2.45, 2.75) is 37.4 Å². The average Bonchev–Trinajstić information content (AvgIpc) is 3.14. The molecule has 0 saturated carbocycles. The van der Waals surface area contributed by atoms with E-state index in [0.717, 1.165) is 11.3 Å². The summed E-state index contributed by atoms with van der Waals surface area (Å²) in [5, 5.41) is 4.16. The number of likely N-dealkylation sites (tertiary alicyclic amines) is 1. The lowest BCUT2D eigenvalue weighted by molar-refractivity contribution is -0.133. The minimum absolute atomic E-state index is 0.0596. The minimum Gasteiger partial charge on any atom is -0.338 e. The van der Waals surface area contributed by atoms with Crippen molar-refractivity contribution >= 4 is 23.4 Å². The Kier molecular flexibility index (Phi) is 6.84. The molecule has 6 nitrogen and oxygen atoms in total. The Hall–Kier alpha value is -3.22. The number of hydrogen-bond acceptors (Lipinski definition) is 4. The zero-order valence-corrected chi connectivity index (χ0v) is 20.3. The Morgan fingerprint density at radius 1 is 1.00 bits per heavy atom. The second kappa shape index (κ2) is 10.2. The molecule has 1 N–H and O–H groups in total. The van der Waals surface area contributed by atoms with Crippen LogP contribution < -0.4 is 5.32 Å². The van der Waals surface area contributed by atoms with Crippen molar-refractivity contribution in [2.75, 3.05) is 19.6 Å². The van der Waals surface area contributed by atoms with Gasteiger partial charge in [0.1, 0.15) is 0 Å². The fraction of sp³-hybridized carbons (Fsp3) is 0.321. The number of piperidine rings is 1. The van der Waals surface area contributed by atoms with Crippen molar-refractivity contribution in [1.29, 1.82) is 0 Å². The molecule has 1 spiro atoms. The van der Waals surface area contributed by atoms with E-state index in [1.807, 2.05) is 58.3 Å². The van der Waals surface area contributed by atoms with E-state index in [4.69, 9.17) is 11.6 Å². The van der Waals surface area contributed by atoms with Gasteiger partial charge >= 0.3 is 0 Å². The SMILES string of the molecule is O=C(c1ccccc1Cl)N1CCC2(CC1)N[C@@H](Cc1ccccc1)C(=O)N2CCc1ccccn1. The van der Waals surface area contributed by atoms with Gasteiger partial charge in [-0.05, 0) is 36.2 Å². The summed E-state index contributed by atoms with van der Waals surface area (Å²) >= 11 is 6.28. The number of amides is 2. The van der Waals surface area contributed by atoms with Crippen molar-refractivity contribution in [3.05, 3.63) is 101 Å². The summed E-state index contributed by atoms with van der Waals surface area (Å²) in [6, 6.07) is 22.8. The highest BCUT2D eigenvalue weighted by Crippen LogP contribution is 2.34. The Morgan fingerprint density at radius 2 is 1.71 bits per heavy atom. The molecule has 0 aliphatic carbocycles. The molecule has 0 bridgehead atoms. The molecule has 2 saturated heterocycles. The molecule has 35 heavy (non-hydrogen) atoms. The Bertz CT molecular complexity index is 1180. The Balaban J connectivity index is 1.34. The number of aromatic nitrogens is 1. The molecular weight excluding hydrogens is 460 g/mol. The predicted molar refractivity (Wildman–Crippen MR) is 136 cm³/mol. The lowest BCUT2D eigenvalue weighted by Gasteiger charge is -2.44. The second-order valence-corrected chi connectivity index (χ2v) is 9.66. The first-order chi connectivity index (χ1) is 17.1. The van der Waals surface area contributed by atoms with Crippen molar-refractivity contribution in [2.24, 2.45) is 0 Å². The van der Waals surface area contributed by atoms with E-state index in [9.17, 15) is 9.59 Å². The maximum atomic E-state index is 13.6. The predicted octanol–water partition coefficient (Wildman–Crippen LogP) is 3.95. The highest BCUT2D eigenvalue weighted by atomic mass is 35.5. The minimum atomic E-state index is -0.470. The van der Waals surface area contributed by atoms with Crippen molar-refractivity contribution in [1.82, 2.24) is 20.1 Å². The highest BCUT2D eigenvalue weighted by Gasteiger charge is 2.51. The molecule has 2 aliphatic heterocycles. The highest BCUT2D eigenvalue weighted by molar-refractivity contribution is 6.33. The smallest absolute Gasteiger partial charge is 0.255 e. The van der Waals surface area contributed by atoms with Gasteiger partial charge in [-0.1, -0.05) is 60.1 Å². The molecule has 2 amide bonds. The number of rotatable bonds is 6. The van der Waals surface area contributed by atoms with Gasteiger partial charge in [-0.3, -0.25) is 19.9 Å². The number of halogens is 1. The molecule has 7 heteroatoms. The van der Waals surface area contributed by atoms with Crippen LogP contribution in [0.2, 0.25) is 5.02 Å². The van der Waals surface area contributed by atoms with E-state index in [1.54, 1.807) is 18.3 Å². The van der Waals surface area contributed by atoms with Gasteiger partial charge < -0.3 is 9.80 Å². The van der Waals surface area contributed by atoms with E-state index < -0.39 is 5.66 Å². The number of pyridine rings is 1. The van der Waals surface area contributed by atoms with Crippen LogP contribution in [0.25, 0.3) is 0 Å². The largest absolute Gasteiger partial charge is 0.338 e. The van der Waals surface area contributed by atoms with Gasteiger partial charge in [0.2, 0.25) is 5.91 Å². The first-order valence-electron chi connectivity index (χ1n) is 12.1. The first kappa shape index (κ1) is 23.5. The molecule has 1 aromatic heterocycles. The normalized spacial score (nSPS) is 19.3. The van der Waals surface area contributed by atoms with E-state index in [1.165, 1.54) is 0 Å². The summed E-state index contributed by atoms with van der Waals surface area (Å²) in [6.07, 6.45) is 4.46. The van der Waals surface area contributed by atoms with Gasteiger partial charge in [-0.2, -0.15) is 0 Å². The van der Waals surface area contributed by atoms with Crippen LogP contribution in [0.4, 0.5) is 0 Å². The molecule has 0 radical (unpaired) electrons. The molecule has 1 atom stereocenters. The number of carbonyl (C=O) groups excluding carboxylic acids is 2. The molecule has 3 aromatic rings. The summed E-state index contributed by atoms with van der Waals surface area (Å²) in [5.41, 5.74) is 2.15. The first-order valence-corrected chi connectivity index (χ1v) is 12.5. The van der Waals surface area contributed by atoms with E-state index in [0.29, 0.717) is 55.9 Å². The topological polar surface area (TPSA) is 65.5 Å². The molecule has 2 fully saturated rings. The number of benzene rings is 2. The van der Waals surface area contributed by atoms with Crippen LogP contribution in [0.3, 0.4) is 0 Å². The maximum Gasteiger partial charge on any atom is 0.255 e. The van der Waals surface area contributed by atoms with Crippen LogP contribution in [0.1, 0.15) is 34.5 Å². The average molecular weight is 489 g/mol. The molecule has 5 rings (SSSR count). The van der Waals surface area contributed by atoms with E-state index in [-0.39, 0.29) is 17.9 Å². The van der Waals surface area contributed by atoms with Crippen LogP contribution in [0.5, 0.6) is 0 Å². The van der Waals surface area contributed by atoms with Gasteiger partial charge in [0, 0.05) is 50.8 Å². The maximum absolute atomic E-state index is 13.6. The third kappa shape index (κ3) is 4.95. The molecule has 2 aromatic carbocycles. The van der Waals surface area contributed by atoms with Crippen LogP contribution in [0.15, 0.2) is 79.0 Å². The summed E-state index contributed by atoms with van der Waals surface area (Å²) in [4.78, 5) is 35.0. The van der Waals surface area contributed by atoms with Crippen molar-refractivity contribution in [3.63, 3.8) is 0 Å². The van der Waals surface area contributed by atoms with Crippen molar-refractivity contribution in [3.8, 4) is 0 Å². The van der Waals surface area contributed by atoms with Gasteiger partial charge in [0.25, 0.3) is 5.91 Å². The fourth-order valence-electron chi connectivity index (χ4n) is 5.25. The third-order valence-electron chi connectivity index (χ3n) is 7.11. The molecule has 3 heterocycles. The van der Waals surface area contributed by atoms with Gasteiger partial charge in [0.05, 0.1) is 22.3 Å². The van der Waals surface area contributed by atoms with Gasteiger partial charge in [-0.15, -0.1) is 0 Å². The van der Waals surface area contributed by atoms with Crippen LogP contribution in [-0.2, 0) is 17.6 Å². The van der Waals surface area contributed by atoms with E-state index in [2.05, 4.69) is 22.4 Å². The monoisotopic (exact) mass is 488 g/mol. The lowest BCUT2D eigenvalue weighted by Crippen LogP contribution is -2.60. The summed E-state index contributed by atoms with van der Waals surface area (Å²) < 4.78 is 0. The quantitative estimate of drug-likeness (QED) is 0.570. The second-order valence-electron chi connectivity index (χ2n) is 9.25. The molecule has 180 valence electrons. The zero-order valence-electron chi connectivity index (χ0n) is 19.6. The number of nitrogens with one attached hydrogen (secondary N) is 1. The fourth-order valence-corrected chi connectivity index (χ4v) is 5.46. The summed E-state index contributed by atoms with van der Waals surface area (Å²) in [6.45, 7) is 1.71. The van der Waals surface area contributed by atoms with Crippen LogP contribution in [0, 0.1) is 0 Å². The number of hydrogen-bond donors (Lipinski definition) is 1. The van der Waals surface area contributed by atoms with Gasteiger partial charge in [-0.25, -0.2) is 0 Å². The lowest BCUT2D eigenvalue weighted by atomic mass is 9.95. The molecule has 0 unspecified atom stereocenters. The standard InChI is InChI=1S/C28H29ClN4O2/c29-24-12-5-4-11-23(24)26(34)32-18-14-28(15-19-32)31-25(20-21-8-2-1-3-9-21)27(35)33(28)17-13-22-10-6-7-16-30-22/h1-12,16,25,31H,13-15,17-20H2/t25-/m0/s1. The van der Waals surface area contributed by atoms with Crippen molar-refractivity contribution < 1.29 is 9.59 Å².